The van der Waals surface area contributed by atoms with Gasteiger partial charge in [0.05, 0.1) is 11.6 Å². The summed E-state index contributed by atoms with van der Waals surface area (Å²) in [5.41, 5.74) is 1.34. The highest BCUT2D eigenvalue weighted by Crippen LogP contribution is 2.27. The van der Waals surface area contributed by atoms with Crippen LogP contribution in [0.25, 0.3) is 0 Å². The van der Waals surface area contributed by atoms with Crippen LogP contribution >= 0.6 is 15.9 Å². The van der Waals surface area contributed by atoms with Crippen LogP contribution in [0.2, 0.25) is 0 Å². The van der Waals surface area contributed by atoms with Gasteiger partial charge in [-0.1, -0.05) is 13.0 Å². The van der Waals surface area contributed by atoms with Gasteiger partial charge in [0.15, 0.2) is 0 Å². The summed E-state index contributed by atoms with van der Waals surface area (Å²) in [6.07, 6.45) is 4.63. The summed E-state index contributed by atoms with van der Waals surface area (Å²) in [6.45, 7) is 5.15. The van der Waals surface area contributed by atoms with Crippen LogP contribution in [0.3, 0.4) is 0 Å². The zero-order valence-corrected chi connectivity index (χ0v) is 14.6. The molecule has 1 aliphatic heterocycles. The average molecular weight is 356 g/mol. The van der Waals surface area contributed by atoms with Gasteiger partial charge in [0.2, 0.25) is 0 Å². The molecule has 0 aliphatic carbocycles. The van der Waals surface area contributed by atoms with Gasteiger partial charge >= 0.3 is 0 Å². The van der Waals surface area contributed by atoms with Gasteiger partial charge in [0.25, 0.3) is 0 Å². The van der Waals surface area contributed by atoms with Crippen molar-refractivity contribution in [3.63, 3.8) is 0 Å². The van der Waals surface area contributed by atoms with Crippen LogP contribution in [0.15, 0.2) is 22.7 Å². The fourth-order valence-electron chi connectivity index (χ4n) is 2.88. The fraction of sp³-hybridized carbons (Fsp3) is 0.647. The van der Waals surface area contributed by atoms with Crippen LogP contribution in [0.1, 0.15) is 31.7 Å². The lowest BCUT2D eigenvalue weighted by atomic mass is 9.94. The highest BCUT2D eigenvalue weighted by Gasteiger charge is 2.21. The van der Waals surface area contributed by atoms with Gasteiger partial charge in [0, 0.05) is 19.3 Å². The molecule has 0 amide bonds. The van der Waals surface area contributed by atoms with E-state index in [4.69, 9.17) is 9.47 Å². The summed E-state index contributed by atoms with van der Waals surface area (Å²) < 4.78 is 11.8. The van der Waals surface area contributed by atoms with E-state index in [0.717, 1.165) is 36.4 Å². The Morgan fingerprint density at radius 1 is 1.48 bits per heavy atom. The predicted octanol–water partition coefficient (Wildman–Crippen LogP) is 3.80. The maximum Gasteiger partial charge on any atom is 0.133 e. The van der Waals surface area contributed by atoms with Gasteiger partial charge in [-0.3, -0.25) is 0 Å². The molecule has 4 heteroatoms. The number of benzene rings is 1. The predicted molar refractivity (Wildman–Crippen MR) is 90.0 cm³/mol. The molecule has 0 saturated carbocycles. The number of halogens is 1. The van der Waals surface area contributed by atoms with Gasteiger partial charge in [-0.2, -0.15) is 0 Å². The van der Waals surface area contributed by atoms with E-state index in [1.165, 1.54) is 24.8 Å². The Morgan fingerprint density at radius 3 is 2.95 bits per heavy atom. The first kappa shape index (κ1) is 16.8. The zero-order valence-electron chi connectivity index (χ0n) is 13.0. The summed E-state index contributed by atoms with van der Waals surface area (Å²) in [4.78, 5) is 0. The van der Waals surface area contributed by atoms with Crippen molar-refractivity contribution in [1.29, 1.82) is 0 Å². The van der Waals surface area contributed by atoms with E-state index in [1.54, 1.807) is 7.11 Å². The molecule has 2 unspecified atom stereocenters. The quantitative estimate of drug-likeness (QED) is 0.769. The lowest BCUT2D eigenvalue weighted by molar-refractivity contribution is 0.181. The molecule has 1 aliphatic rings. The van der Waals surface area contributed by atoms with Crippen LogP contribution in [0.4, 0.5) is 0 Å². The van der Waals surface area contributed by atoms with Crippen molar-refractivity contribution in [3.8, 4) is 5.75 Å². The molecular weight excluding hydrogens is 330 g/mol. The fourth-order valence-corrected chi connectivity index (χ4v) is 3.47. The second-order valence-electron chi connectivity index (χ2n) is 5.79. The van der Waals surface area contributed by atoms with Gasteiger partial charge in [-0.05, 0) is 71.8 Å². The summed E-state index contributed by atoms with van der Waals surface area (Å²) in [7, 11) is 1.70. The minimum atomic E-state index is 0.525. The molecule has 0 radical (unpaired) electrons. The van der Waals surface area contributed by atoms with E-state index in [9.17, 15) is 0 Å². The number of rotatable bonds is 8. The largest absolute Gasteiger partial charge is 0.496 e. The van der Waals surface area contributed by atoms with Crippen molar-refractivity contribution in [1.82, 2.24) is 5.32 Å². The SMILES string of the molecule is CCCNC(Cc1ccc(OC)c(Br)c1)CC1CCOC1. The molecule has 1 aromatic carbocycles. The molecule has 1 saturated heterocycles. The van der Waals surface area contributed by atoms with Crippen molar-refractivity contribution < 1.29 is 9.47 Å². The van der Waals surface area contributed by atoms with Crippen LogP contribution in [0, 0.1) is 5.92 Å². The van der Waals surface area contributed by atoms with Crippen LogP contribution in [-0.2, 0) is 11.2 Å². The van der Waals surface area contributed by atoms with Crippen molar-refractivity contribution in [2.45, 2.75) is 38.6 Å². The van der Waals surface area contributed by atoms with E-state index in [0.29, 0.717) is 12.0 Å². The first-order valence-electron chi connectivity index (χ1n) is 7.86. The van der Waals surface area contributed by atoms with Gasteiger partial charge in [-0.25, -0.2) is 0 Å². The molecule has 1 heterocycles. The summed E-state index contributed by atoms with van der Waals surface area (Å²) in [5.74, 6) is 1.60. The van der Waals surface area contributed by atoms with E-state index in [-0.39, 0.29) is 0 Å². The standard InChI is InChI=1S/C17H26BrNO2/c1-3-7-19-15(10-14-6-8-21-12-14)9-13-4-5-17(20-2)16(18)11-13/h4-5,11,14-15,19H,3,6-10,12H2,1-2H3. The Labute approximate surface area is 136 Å². The molecule has 0 spiro atoms. The second-order valence-corrected chi connectivity index (χ2v) is 6.64. The lowest BCUT2D eigenvalue weighted by Crippen LogP contribution is -2.34. The Hall–Kier alpha value is -0.580. The van der Waals surface area contributed by atoms with Crippen LogP contribution in [-0.4, -0.2) is 32.9 Å². The molecule has 2 rings (SSSR count). The highest BCUT2D eigenvalue weighted by molar-refractivity contribution is 9.10. The molecule has 118 valence electrons. The number of ether oxygens (including phenoxy) is 2. The van der Waals surface area contributed by atoms with E-state index in [1.807, 2.05) is 6.07 Å². The van der Waals surface area contributed by atoms with Gasteiger partial charge in [-0.15, -0.1) is 0 Å². The van der Waals surface area contributed by atoms with Crippen LogP contribution < -0.4 is 10.1 Å². The first-order valence-corrected chi connectivity index (χ1v) is 8.65. The second kappa shape index (κ2) is 8.76. The smallest absolute Gasteiger partial charge is 0.133 e. The maximum atomic E-state index is 5.51. The Morgan fingerprint density at radius 2 is 2.33 bits per heavy atom. The third-order valence-corrected chi connectivity index (χ3v) is 4.64. The number of nitrogens with one attached hydrogen (secondary N) is 1. The number of hydrogen-bond acceptors (Lipinski definition) is 3. The van der Waals surface area contributed by atoms with E-state index < -0.39 is 0 Å². The maximum absolute atomic E-state index is 5.51. The Balaban J connectivity index is 1.97. The van der Waals surface area contributed by atoms with Gasteiger partial charge in [0.1, 0.15) is 5.75 Å². The lowest BCUT2D eigenvalue weighted by Gasteiger charge is -2.22. The Kier molecular flexibility index (Phi) is 7.00. The molecule has 2 atom stereocenters. The molecule has 1 aromatic rings. The van der Waals surface area contributed by atoms with Crippen molar-refractivity contribution in [2.24, 2.45) is 5.92 Å². The van der Waals surface area contributed by atoms with Crippen molar-refractivity contribution in [3.05, 3.63) is 28.2 Å². The monoisotopic (exact) mass is 355 g/mol. The molecule has 21 heavy (non-hydrogen) atoms. The number of methoxy groups -OCH3 is 1. The average Bonchev–Trinajstić information content (AvgIpc) is 2.98. The third-order valence-electron chi connectivity index (χ3n) is 4.02. The normalized spacial score (nSPS) is 19.7. The zero-order chi connectivity index (χ0) is 15.1. The molecular formula is C17H26BrNO2. The molecule has 1 N–H and O–H groups in total. The molecule has 1 fully saturated rings. The van der Waals surface area contributed by atoms with Crippen molar-refractivity contribution >= 4 is 15.9 Å². The van der Waals surface area contributed by atoms with Crippen LogP contribution in [0.5, 0.6) is 5.75 Å². The van der Waals surface area contributed by atoms with Gasteiger partial charge < -0.3 is 14.8 Å². The summed E-state index contributed by atoms with van der Waals surface area (Å²) in [5, 5.41) is 3.69. The molecule has 0 aromatic heterocycles. The third kappa shape index (κ3) is 5.28. The first-order chi connectivity index (χ1) is 10.2. The van der Waals surface area contributed by atoms with E-state index in [2.05, 4.69) is 40.3 Å². The Bertz CT molecular complexity index is 433. The molecule has 0 bridgehead atoms. The number of hydrogen-bond donors (Lipinski definition) is 1. The minimum absolute atomic E-state index is 0.525. The van der Waals surface area contributed by atoms with Crippen molar-refractivity contribution in [2.75, 3.05) is 26.9 Å². The topological polar surface area (TPSA) is 30.5 Å². The highest BCUT2D eigenvalue weighted by atomic mass is 79.9. The van der Waals surface area contributed by atoms with E-state index >= 15 is 0 Å². The summed E-state index contributed by atoms with van der Waals surface area (Å²) >= 11 is 3.57. The minimum Gasteiger partial charge on any atom is -0.496 e. The molecule has 3 nitrogen and oxygen atoms in total. The summed E-state index contributed by atoms with van der Waals surface area (Å²) in [6, 6.07) is 6.89.